The molecular formula is C18H25N3O3S. The molecule has 1 amide bonds. The molecule has 6 nitrogen and oxygen atoms in total. The summed E-state index contributed by atoms with van der Waals surface area (Å²) in [6, 6.07) is 6.00. The van der Waals surface area contributed by atoms with Crippen LogP contribution in [0.15, 0.2) is 18.2 Å². The number of carbonyl (C=O) groups is 1. The van der Waals surface area contributed by atoms with Crippen molar-refractivity contribution in [3.05, 3.63) is 18.2 Å². The minimum absolute atomic E-state index is 0.0107. The molecule has 1 aromatic carbocycles. The van der Waals surface area contributed by atoms with Crippen LogP contribution in [0.5, 0.6) is 5.75 Å². The lowest BCUT2D eigenvalue weighted by Crippen LogP contribution is -2.43. The summed E-state index contributed by atoms with van der Waals surface area (Å²) >= 11 is 1.66. The zero-order valence-electron chi connectivity index (χ0n) is 14.8. The van der Waals surface area contributed by atoms with E-state index in [9.17, 15) is 4.79 Å². The Morgan fingerprint density at radius 1 is 1.48 bits per heavy atom. The van der Waals surface area contributed by atoms with Crippen molar-refractivity contribution in [1.29, 1.82) is 0 Å². The summed E-state index contributed by atoms with van der Waals surface area (Å²) < 4.78 is 11.7. The predicted molar refractivity (Wildman–Crippen MR) is 101 cm³/mol. The number of rotatable bonds is 7. The number of thiazole rings is 1. The average Bonchev–Trinajstić information content (AvgIpc) is 3.06. The second-order valence-electron chi connectivity index (χ2n) is 6.13. The third-order valence-corrected chi connectivity index (χ3v) is 5.41. The number of carbonyl (C=O) groups excluding carboxylic acids is 1. The second-order valence-corrected chi connectivity index (χ2v) is 7.14. The highest BCUT2D eigenvalue weighted by molar-refractivity contribution is 7.22. The van der Waals surface area contributed by atoms with Gasteiger partial charge in [-0.15, -0.1) is 0 Å². The van der Waals surface area contributed by atoms with E-state index in [2.05, 4.69) is 10.2 Å². The molecule has 2 aromatic rings. The molecule has 2 heterocycles. The number of aromatic nitrogens is 1. The number of fused-ring (bicyclic) bond motifs is 1. The predicted octanol–water partition coefficient (Wildman–Crippen LogP) is 2.67. The number of hydrogen-bond donors (Lipinski definition) is 1. The summed E-state index contributed by atoms with van der Waals surface area (Å²) in [5.74, 6) is 0.998. The maximum Gasteiger partial charge on any atom is 0.224 e. The van der Waals surface area contributed by atoms with Crippen molar-refractivity contribution in [3.63, 3.8) is 0 Å². The molecule has 0 bridgehead atoms. The lowest BCUT2D eigenvalue weighted by atomic mass is 9.97. The zero-order valence-corrected chi connectivity index (χ0v) is 15.6. The zero-order chi connectivity index (χ0) is 17.6. The fraction of sp³-hybridized carbons (Fsp3) is 0.556. The minimum atomic E-state index is 0.0107. The Morgan fingerprint density at radius 2 is 2.36 bits per heavy atom. The molecule has 136 valence electrons. The molecule has 1 N–H and O–H groups in total. The second kappa shape index (κ2) is 8.49. The van der Waals surface area contributed by atoms with Gasteiger partial charge in [0.05, 0.1) is 29.3 Å². The SMILES string of the molecule is CCOc1ccc2nc(N3CCCC(C(=O)NCCOC)C3)sc2c1. The van der Waals surface area contributed by atoms with Crippen molar-refractivity contribution in [1.82, 2.24) is 10.3 Å². The summed E-state index contributed by atoms with van der Waals surface area (Å²) in [6.07, 6.45) is 1.93. The van der Waals surface area contributed by atoms with Gasteiger partial charge in [-0.05, 0) is 38.0 Å². The summed E-state index contributed by atoms with van der Waals surface area (Å²) in [5, 5.41) is 3.93. The molecule has 0 radical (unpaired) electrons. The van der Waals surface area contributed by atoms with Crippen LogP contribution in [0.3, 0.4) is 0 Å². The molecule has 0 spiro atoms. The van der Waals surface area contributed by atoms with Gasteiger partial charge in [0.25, 0.3) is 0 Å². The lowest BCUT2D eigenvalue weighted by Gasteiger charge is -2.31. The van der Waals surface area contributed by atoms with Gasteiger partial charge in [-0.1, -0.05) is 11.3 Å². The number of ether oxygens (including phenoxy) is 2. The van der Waals surface area contributed by atoms with Crippen molar-refractivity contribution in [2.45, 2.75) is 19.8 Å². The maximum absolute atomic E-state index is 12.3. The number of anilines is 1. The number of hydrogen-bond acceptors (Lipinski definition) is 6. The Kier molecular flexibility index (Phi) is 6.09. The summed E-state index contributed by atoms with van der Waals surface area (Å²) in [5.41, 5.74) is 0.982. The van der Waals surface area contributed by atoms with Crippen LogP contribution in [0.2, 0.25) is 0 Å². The van der Waals surface area contributed by atoms with E-state index < -0.39 is 0 Å². The van der Waals surface area contributed by atoms with Gasteiger partial charge in [0, 0.05) is 26.7 Å². The normalized spacial score (nSPS) is 17.7. The van der Waals surface area contributed by atoms with Gasteiger partial charge in [0.15, 0.2) is 5.13 Å². The van der Waals surface area contributed by atoms with Crippen molar-refractivity contribution in [2.24, 2.45) is 5.92 Å². The first kappa shape index (κ1) is 17.9. The fourth-order valence-corrected chi connectivity index (χ4v) is 4.10. The Labute approximate surface area is 152 Å². The molecule has 1 aromatic heterocycles. The number of benzene rings is 1. The first-order chi connectivity index (χ1) is 12.2. The molecule has 1 aliphatic heterocycles. The monoisotopic (exact) mass is 363 g/mol. The van der Waals surface area contributed by atoms with Crippen LogP contribution in [0, 0.1) is 5.92 Å². The molecule has 0 aliphatic carbocycles. The topological polar surface area (TPSA) is 63.7 Å². The van der Waals surface area contributed by atoms with Crippen molar-refractivity contribution in [3.8, 4) is 5.75 Å². The van der Waals surface area contributed by atoms with E-state index in [0.29, 0.717) is 19.8 Å². The molecule has 0 saturated carbocycles. The molecule has 1 fully saturated rings. The van der Waals surface area contributed by atoms with Gasteiger partial charge in [0.2, 0.25) is 5.91 Å². The van der Waals surface area contributed by atoms with E-state index >= 15 is 0 Å². The fourth-order valence-electron chi connectivity index (χ4n) is 3.07. The quantitative estimate of drug-likeness (QED) is 0.766. The summed E-state index contributed by atoms with van der Waals surface area (Å²) in [7, 11) is 1.64. The molecule has 1 aliphatic rings. The average molecular weight is 363 g/mol. The summed E-state index contributed by atoms with van der Waals surface area (Å²) in [6.45, 7) is 5.41. The molecule has 1 unspecified atom stereocenters. The number of nitrogens with zero attached hydrogens (tertiary/aromatic N) is 2. The lowest BCUT2D eigenvalue weighted by molar-refractivity contribution is -0.125. The van der Waals surface area contributed by atoms with E-state index in [0.717, 1.165) is 47.0 Å². The van der Waals surface area contributed by atoms with E-state index in [4.69, 9.17) is 14.5 Å². The van der Waals surface area contributed by atoms with Crippen LogP contribution in [-0.4, -0.2) is 50.8 Å². The minimum Gasteiger partial charge on any atom is -0.494 e. The van der Waals surface area contributed by atoms with Gasteiger partial charge < -0.3 is 19.7 Å². The molecule has 1 saturated heterocycles. The van der Waals surface area contributed by atoms with E-state index in [-0.39, 0.29) is 11.8 Å². The van der Waals surface area contributed by atoms with Crippen LogP contribution in [0.4, 0.5) is 5.13 Å². The van der Waals surface area contributed by atoms with Crippen LogP contribution < -0.4 is 15.0 Å². The van der Waals surface area contributed by atoms with Gasteiger partial charge in [0.1, 0.15) is 5.75 Å². The number of amides is 1. The highest BCUT2D eigenvalue weighted by Gasteiger charge is 2.27. The van der Waals surface area contributed by atoms with Crippen LogP contribution in [0.25, 0.3) is 10.2 Å². The number of nitrogens with one attached hydrogen (secondary N) is 1. The molecular weight excluding hydrogens is 338 g/mol. The first-order valence-corrected chi connectivity index (χ1v) is 9.58. The van der Waals surface area contributed by atoms with E-state index in [1.54, 1.807) is 18.4 Å². The van der Waals surface area contributed by atoms with Crippen molar-refractivity contribution < 1.29 is 14.3 Å². The van der Waals surface area contributed by atoms with Gasteiger partial charge in [-0.2, -0.15) is 0 Å². The molecule has 3 rings (SSSR count). The smallest absolute Gasteiger partial charge is 0.224 e. The van der Waals surface area contributed by atoms with E-state index in [1.807, 2.05) is 25.1 Å². The van der Waals surface area contributed by atoms with Crippen molar-refractivity contribution in [2.75, 3.05) is 44.9 Å². The third-order valence-electron chi connectivity index (χ3n) is 4.33. The molecule has 1 atom stereocenters. The largest absolute Gasteiger partial charge is 0.494 e. The Morgan fingerprint density at radius 3 is 3.16 bits per heavy atom. The van der Waals surface area contributed by atoms with Gasteiger partial charge in [-0.25, -0.2) is 4.98 Å². The highest BCUT2D eigenvalue weighted by atomic mass is 32.1. The first-order valence-electron chi connectivity index (χ1n) is 8.76. The van der Waals surface area contributed by atoms with Gasteiger partial charge >= 0.3 is 0 Å². The highest BCUT2D eigenvalue weighted by Crippen LogP contribution is 2.33. The van der Waals surface area contributed by atoms with Crippen LogP contribution in [-0.2, 0) is 9.53 Å². The van der Waals surface area contributed by atoms with Crippen molar-refractivity contribution >= 4 is 32.6 Å². The van der Waals surface area contributed by atoms with Crippen LogP contribution in [0.1, 0.15) is 19.8 Å². The summed E-state index contributed by atoms with van der Waals surface area (Å²) in [4.78, 5) is 19.3. The number of methoxy groups -OCH3 is 1. The maximum atomic E-state index is 12.3. The Hall–Kier alpha value is -1.86. The third kappa shape index (κ3) is 4.41. The number of piperidine rings is 1. The Balaban J connectivity index is 1.68. The molecule has 7 heteroatoms. The Bertz CT molecular complexity index is 719. The standard InChI is InChI=1S/C18H25N3O3S/c1-3-24-14-6-7-15-16(11-14)25-18(20-15)21-9-4-5-13(12-21)17(22)19-8-10-23-2/h6-7,11,13H,3-5,8-10,12H2,1-2H3,(H,19,22). The van der Waals surface area contributed by atoms with Gasteiger partial charge in [-0.3, -0.25) is 4.79 Å². The van der Waals surface area contributed by atoms with E-state index in [1.165, 1.54) is 0 Å². The van der Waals surface area contributed by atoms with Crippen LogP contribution >= 0.6 is 11.3 Å². The molecule has 25 heavy (non-hydrogen) atoms.